The number of benzene rings is 1. The monoisotopic (exact) mass is 463 g/mol. The van der Waals surface area contributed by atoms with Crippen LogP contribution in [0, 0.1) is 20.8 Å². The van der Waals surface area contributed by atoms with E-state index < -0.39 is 0 Å². The smallest absolute Gasteiger partial charge is 0.291 e. The molecule has 3 heterocycles. The van der Waals surface area contributed by atoms with Crippen molar-refractivity contribution in [2.24, 2.45) is 0 Å². The van der Waals surface area contributed by atoms with E-state index in [1.54, 1.807) is 35.2 Å². The normalized spacial score (nSPS) is 11.9. The first-order valence-corrected chi connectivity index (χ1v) is 12.3. The van der Waals surface area contributed by atoms with Gasteiger partial charge in [0, 0.05) is 21.0 Å². The standard InChI is InChI=1S/C25H25N3O2S2/c1-15-7-5-9-21(26-15)27-23(18-10-12-19(31-4)13-11-18)22-16(2)17(3)32-25(22)28-24(29)20-8-6-14-30-20/h5-14,23H,1-4H3,(H,26,27)(H,28,29). The third-order valence-corrected chi connectivity index (χ3v) is 7.20. The Morgan fingerprint density at radius 3 is 2.50 bits per heavy atom. The van der Waals surface area contributed by atoms with Crippen molar-refractivity contribution in [2.45, 2.75) is 31.7 Å². The minimum Gasteiger partial charge on any atom is -0.459 e. The van der Waals surface area contributed by atoms with Crippen LogP contribution in [0.1, 0.15) is 43.9 Å². The van der Waals surface area contributed by atoms with Crippen molar-refractivity contribution in [1.82, 2.24) is 4.98 Å². The van der Waals surface area contributed by atoms with Gasteiger partial charge in [0.15, 0.2) is 5.76 Å². The van der Waals surface area contributed by atoms with Gasteiger partial charge in [-0.3, -0.25) is 4.79 Å². The Balaban J connectivity index is 1.78. The average molecular weight is 464 g/mol. The van der Waals surface area contributed by atoms with E-state index in [1.807, 2.05) is 25.1 Å². The van der Waals surface area contributed by atoms with Gasteiger partial charge >= 0.3 is 0 Å². The van der Waals surface area contributed by atoms with E-state index in [4.69, 9.17) is 4.42 Å². The highest BCUT2D eigenvalue weighted by Crippen LogP contribution is 2.41. The van der Waals surface area contributed by atoms with Gasteiger partial charge in [0.2, 0.25) is 0 Å². The topological polar surface area (TPSA) is 67.2 Å². The number of aryl methyl sites for hydroxylation is 2. The Morgan fingerprint density at radius 1 is 1.06 bits per heavy atom. The van der Waals surface area contributed by atoms with Gasteiger partial charge in [-0.05, 0) is 74.6 Å². The number of nitrogens with zero attached hydrogens (tertiary/aromatic N) is 1. The van der Waals surface area contributed by atoms with Gasteiger partial charge in [-0.25, -0.2) is 4.98 Å². The van der Waals surface area contributed by atoms with Crippen LogP contribution in [0.3, 0.4) is 0 Å². The number of furan rings is 1. The first-order chi connectivity index (χ1) is 15.5. The predicted octanol–water partition coefficient (Wildman–Crippen LogP) is 6.84. The molecule has 2 N–H and O–H groups in total. The summed E-state index contributed by atoms with van der Waals surface area (Å²) in [4.78, 5) is 19.8. The molecule has 1 amide bonds. The molecule has 0 saturated heterocycles. The molecule has 164 valence electrons. The molecule has 3 aromatic heterocycles. The number of hydrogen-bond donors (Lipinski definition) is 2. The number of pyridine rings is 1. The highest BCUT2D eigenvalue weighted by molar-refractivity contribution is 7.98. The molecule has 0 spiro atoms. The summed E-state index contributed by atoms with van der Waals surface area (Å²) < 4.78 is 5.29. The maximum Gasteiger partial charge on any atom is 0.291 e. The number of thiophene rings is 1. The van der Waals surface area contributed by atoms with Crippen molar-refractivity contribution in [3.05, 3.63) is 93.9 Å². The summed E-state index contributed by atoms with van der Waals surface area (Å²) in [5.74, 6) is 0.812. The predicted molar refractivity (Wildman–Crippen MR) is 133 cm³/mol. The van der Waals surface area contributed by atoms with Crippen molar-refractivity contribution in [3.63, 3.8) is 0 Å². The van der Waals surface area contributed by atoms with E-state index in [0.29, 0.717) is 0 Å². The van der Waals surface area contributed by atoms with Gasteiger partial charge in [0.1, 0.15) is 10.8 Å². The number of thioether (sulfide) groups is 1. The summed E-state index contributed by atoms with van der Waals surface area (Å²) in [6.07, 6.45) is 3.57. The van der Waals surface area contributed by atoms with Crippen LogP contribution in [0.25, 0.3) is 0 Å². The molecule has 4 rings (SSSR count). The zero-order valence-electron chi connectivity index (χ0n) is 18.4. The Labute approximate surface area is 196 Å². The molecule has 4 aromatic rings. The molecule has 0 aliphatic heterocycles. The number of rotatable bonds is 7. The molecule has 0 saturated carbocycles. The molecule has 1 atom stereocenters. The maximum atomic E-state index is 12.8. The Morgan fingerprint density at radius 2 is 1.84 bits per heavy atom. The second kappa shape index (κ2) is 9.63. The van der Waals surface area contributed by atoms with Crippen LogP contribution >= 0.6 is 23.1 Å². The zero-order chi connectivity index (χ0) is 22.7. The Hall–Kier alpha value is -3.03. The van der Waals surface area contributed by atoms with Crippen molar-refractivity contribution < 1.29 is 9.21 Å². The van der Waals surface area contributed by atoms with E-state index in [2.05, 4.69) is 60.0 Å². The molecule has 0 bridgehead atoms. The van der Waals surface area contributed by atoms with Crippen LogP contribution in [-0.2, 0) is 0 Å². The fraction of sp³-hybridized carbons (Fsp3) is 0.200. The van der Waals surface area contributed by atoms with Crippen LogP contribution in [0.15, 0.2) is 70.2 Å². The molecule has 1 aromatic carbocycles. The molecule has 0 aliphatic carbocycles. The van der Waals surface area contributed by atoms with Crippen LogP contribution < -0.4 is 10.6 Å². The number of carbonyl (C=O) groups excluding carboxylic acids is 1. The fourth-order valence-corrected chi connectivity index (χ4v) is 5.05. The second-order valence-corrected chi connectivity index (χ2v) is 9.58. The molecule has 5 nitrogen and oxygen atoms in total. The first kappa shape index (κ1) is 22.2. The number of nitrogens with one attached hydrogen (secondary N) is 2. The lowest BCUT2D eigenvalue weighted by Crippen LogP contribution is -2.18. The molecule has 0 aliphatic rings. The maximum absolute atomic E-state index is 12.8. The van der Waals surface area contributed by atoms with E-state index in [0.717, 1.165) is 38.1 Å². The molecular weight excluding hydrogens is 438 g/mol. The van der Waals surface area contributed by atoms with Gasteiger partial charge in [-0.2, -0.15) is 0 Å². The lowest BCUT2D eigenvalue weighted by Gasteiger charge is -2.23. The highest BCUT2D eigenvalue weighted by Gasteiger charge is 2.25. The molecule has 0 radical (unpaired) electrons. The largest absolute Gasteiger partial charge is 0.459 e. The van der Waals surface area contributed by atoms with Crippen LogP contribution in [-0.4, -0.2) is 17.1 Å². The van der Waals surface area contributed by atoms with Crippen molar-refractivity contribution in [1.29, 1.82) is 0 Å². The summed E-state index contributed by atoms with van der Waals surface area (Å²) >= 11 is 3.28. The van der Waals surface area contributed by atoms with Crippen molar-refractivity contribution in [3.8, 4) is 0 Å². The number of amides is 1. The first-order valence-electron chi connectivity index (χ1n) is 10.2. The minimum atomic E-state index is -0.261. The summed E-state index contributed by atoms with van der Waals surface area (Å²) in [5, 5.41) is 7.48. The van der Waals surface area contributed by atoms with E-state index in [9.17, 15) is 4.79 Å². The number of anilines is 2. The molecular formula is C25H25N3O2S2. The molecule has 32 heavy (non-hydrogen) atoms. The van der Waals surface area contributed by atoms with E-state index >= 15 is 0 Å². The number of hydrogen-bond acceptors (Lipinski definition) is 6. The SMILES string of the molecule is CSc1ccc(C(Nc2cccc(C)n2)c2c(NC(=O)c3ccco3)sc(C)c2C)cc1. The highest BCUT2D eigenvalue weighted by atomic mass is 32.2. The third kappa shape index (κ3) is 4.74. The van der Waals surface area contributed by atoms with Gasteiger partial charge in [-0.1, -0.05) is 18.2 Å². The van der Waals surface area contributed by atoms with Crippen LogP contribution in [0.4, 0.5) is 10.8 Å². The summed E-state index contributed by atoms with van der Waals surface area (Å²) in [7, 11) is 0. The number of aromatic nitrogens is 1. The quantitative estimate of drug-likeness (QED) is 0.294. The summed E-state index contributed by atoms with van der Waals surface area (Å²) in [6, 6.07) is 17.6. The van der Waals surface area contributed by atoms with E-state index in [-0.39, 0.29) is 17.7 Å². The fourth-order valence-electron chi connectivity index (χ4n) is 3.55. The number of carbonyl (C=O) groups is 1. The molecule has 7 heteroatoms. The third-order valence-electron chi connectivity index (χ3n) is 5.32. The Bertz CT molecular complexity index is 1210. The minimum absolute atomic E-state index is 0.183. The summed E-state index contributed by atoms with van der Waals surface area (Å²) in [6.45, 7) is 6.14. The van der Waals surface area contributed by atoms with Gasteiger partial charge in [0.05, 0.1) is 12.3 Å². The lowest BCUT2D eigenvalue weighted by molar-refractivity contribution is 0.0997. The molecule has 0 fully saturated rings. The van der Waals surface area contributed by atoms with Crippen molar-refractivity contribution >= 4 is 39.8 Å². The van der Waals surface area contributed by atoms with Gasteiger partial charge in [0.25, 0.3) is 5.91 Å². The van der Waals surface area contributed by atoms with Crippen molar-refractivity contribution in [2.75, 3.05) is 16.9 Å². The second-order valence-electron chi connectivity index (χ2n) is 7.47. The average Bonchev–Trinajstić information content (AvgIpc) is 3.42. The van der Waals surface area contributed by atoms with Gasteiger partial charge < -0.3 is 15.1 Å². The van der Waals surface area contributed by atoms with Crippen LogP contribution in [0.5, 0.6) is 0 Å². The Kier molecular flexibility index (Phi) is 6.67. The zero-order valence-corrected chi connectivity index (χ0v) is 20.1. The van der Waals surface area contributed by atoms with Gasteiger partial charge in [-0.15, -0.1) is 23.1 Å². The lowest BCUT2D eigenvalue weighted by atomic mass is 9.96. The molecule has 1 unspecified atom stereocenters. The summed E-state index contributed by atoms with van der Waals surface area (Å²) in [5.41, 5.74) is 4.22. The van der Waals surface area contributed by atoms with Crippen LogP contribution in [0.2, 0.25) is 0 Å². The van der Waals surface area contributed by atoms with E-state index in [1.165, 1.54) is 11.2 Å².